The van der Waals surface area contributed by atoms with E-state index in [4.69, 9.17) is 26.5 Å². The fourth-order valence-electron chi connectivity index (χ4n) is 4.98. The monoisotopic (exact) mass is 380 g/mol. The molecule has 4 rings (SSSR count). The Bertz CT molecular complexity index is 911. The Morgan fingerprint density at radius 1 is 1.04 bits per heavy atom. The van der Waals surface area contributed by atoms with Crippen molar-refractivity contribution in [1.29, 1.82) is 21.2 Å². The largest absolute Gasteiger partial charge is 0.447 e. The Morgan fingerprint density at radius 3 is 2.37 bits per heavy atom. The van der Waals surface area contributed by atoms with Crippen LogP contribution in [0.1, 0.15) is 43.8 Å². The van der Waals surface area contributed by atoms with Gasteiger partial charge in [-0.3, -0.25) is 5.41 Å². The molecule has 3 fully saturated rings. The van der Waals surface area contributed by atoms with E-state index in [2.05, 4.69) is 18.2 Å². The number of benzene rings is 1. The van der Waals surface area contributed by atoms with Gasteiger partial charge < -0.3 is 9.47 Å². The molecule has 2 saturated heterocycles. The van der Waals surface area contributed by atoms with Crippen LogP contribution < -0.4 is 0 Å². The van der Waals surface area contributed by atoms with Crippen LogP contribution in [-0.4, -0.2) is 11.7 Å². The van der Waals surface area contributed by atoms with Crippen LogP contribution in [0.25, 0.3) is 0 Å². The van der Waals surface area contributed by atoms with Crippen LogP contribution in [0, 0.1) is 56.2 Å². The van der Waals surface area contributed by atoms with Crippen molar-refractivity contribution in [2.45, 2.75) is 44.0 Å². The lowest BCUT2D eigenvalue weighted by atomic mass is 9.52. The fraction of sp³-hybridized carbons (Fsp3) is 0.500. The highest BCUT2D eigenvalue weighted by Crippen LogP contribution is 2.68. The lowest BCUT2D eigenvalue weighted by Crippen LogP contribution is -2.59. The minimum Gasteiger partial charge on any atom is -0.447 e. The van der Waals surface area contributed by atoms with Gasteiger partial charge >= 0.3 is 0 Å². The van der Waals surface area contributed by atoms with Crippen LogP contribution in [0.5, 0.6) is 0 Å². The van der Waals surface area contributed by atoms with E-state index in [-0.39, 0.29) is 5.90 Å². The molecule has 2 bridgehead atoms. The first-order valence-corrected chi connectivity index (χ1v) is 9.32. The smallest absolute Gasteiger partial charge is 0.217 e. The Labute approximate surface area is 162 Å². The van der Waals surface area contributed by atoms with Gasteiger partial charge in [-0.25, -0.2) is 0 Å². The van der Waals surface area contributed by atoms with Crippen molar-refractivity contribution in [3.8, 4) is 18.2 Å². The molecule has 0 spiro atoms. The van der Waals surface area contributed by atoms with Gasteiger partial charge in [0.1, 0.15) is 6.10 Å². The molecule has 1 saturated carbocycles. The first-order valence-electron chi connectivity index (χ1n) is 8.95. The minimum atomic E-state index is -1.89. The highest BCUT2D eigenvalue weighted by atomic mass is 35.5. The molecule has 6 nitrogen and oxygen atoms in total. The normalized spacial score (nSPS) is 36.3. The molecule has 4 unspecified atom stereocenters. The van der Waals surface area contributed by atoms with E-state index in [0.717, 1.165) is 19.3 Å². The summed E-state index contributed by atoms with van der Waals surface area (Å²) in [6.07, 6.45) is 2.73. The molecule has 2 heterocycles. The second kappa shape index (κ2) is 5.96. The van der Waals surface area contributed by atoms with Crippen LogP contribution in [0.2, 0.25) is 5.02 Å². The SMILES string of the molecule is N#CC1(C#N)C(c2ccc(Cl)cc2)OC23CCCCCC2C1(C#N)C(=N)O3. The number of ether oxygens (including phenoxy) is 2. The van der Waals surface area contributed by atoms with Crippen molar-refractivity contribution in [2.75, 3.05) is 0 Å². The average molecular weight is 381 g/mol. The number of rotatable bonds is 1. The predicted octanol–water partition coefficient (Wildman–Crippen LogP) is 4.24. The Kier molecular flexibility index (Phi) is 3.93. The molecular formula is C20H17ClN4O2. The summed E-state index contributed by atoms with van der Waals surface area (Å²) in [4.78, 5) is 0. The van der Waals surface area contributed by atoms with Gasteiger partial charge in [-0.1, -0.05) is 36.6 Å². The summed E-state index contributed by atoms with van der Waals surface area (Å²) in [5.41, 5.74) is -2.98. The van der Waals surface area contributed by atoms with Crippen molar-refractivity contribution in [2.24, 2.45) is 16.7 Å². The molecule has 1 aromatic rings. The second-order valence-electron chi connectivity index (χ2n) is 7.40. The van der Waals surface area contributed by atoms with E-state index in [0.29, 0.717) is 23.4 Å². The molecule has 7 heteroatoms. The van der Waals surface area contributed by atoms with E-state index in [1.807, 2.05) is 0 Å². The van der Waals surface area contributed by atoms with Gasteiger partial charge in [0, 0.05) is 11.4 Å². The van der Waals surface area contributed by atoms with Crippen LogP contribution >= 0.6 is 11.6 Å². The van der Waals surface area contributed by atoms with E-state index in [9.17, 15) is 15.8 Å². The summed E-state index contributed by atoms with van der Waals surface area (Å²) >= 11 is 5.99. The van der Waals surface area contributed by atoms with Crippen molar-refractivity contribution < 1.29 is 9.47 Å². The number of nitriles is 3. The average Bonchev–Trinajstić information content (AvgIpc) is 2.81. The molecule has 3 aliphatic rings. The highest BCUT2D eigenvalue weighted by Gasteiger charge is 2.80. The maximum atomic E-state index is 10.2. The maximum Gasteiger partial charge on any atom is 0.217 e. The summed E-state index contributed by atoms with van der Waals surface area (Å²) in [6, 6.07) is 13.0. The number of hydrogen-bond donors (Lipinski definition) is 1. The summed E-state index contributed by atoms with van der Waals surface area (Å²) in [6.45, 7) is 0. The van der Waals surface area contributed by atoms with Crippen LogP contribution in [-0.2, 0) is 9.47 Å². The maximum absolute atomic E-state index is 10.2. The van der Waals surface area contributed by atoms with Crippen LogP contribution in [0.3, 0.4) is 0 Å². The zero-order valence-corrected chi connectivity index (χ0v) is 15.3. The third-order valence-electron chi connectivity index (χ3n) is 6.24. The van der Waals surface area contributed by atoms with E-state index in [1.165, 1.54) is 0 Å². The molecule has 0 amide bonds. The lowest BCUT2D eigenvalue weighted by molar-refractivity contribution is -0.284. The number of halogens is 1. The Balaban J connectivity index is 1.99. The number of nitrogens with one attached hydrogen (secondary N) is 1. The fourth-order valence-corrected chi connectivity index (χ4v) is 5.10. The summed E-state index contributed by atoms with van der Waals surface area (Å²) in [5, 5.41) is 39.5. The molecule has 1 N–H and O–H groups in total. The van der Waals surface area contributed by atoms with Gasteiger partial charge in [0.15, 0.2) is 5.41 Å². The molecular weight excluding hydrogens is 364 g/mol. The third kappa shape index (κ3) is 2.05. The van der Waals surface area contributed by atoms with Crippen LogP contribution in [0.4, 0.5) is 0 Å². The number of nitrogens with zero attached hydrogens (tertiary/aromatic N) is 3. The van der Waals surface area contributed by atoms with Gasteiger partial charge in [0.25, 0.3) is 0 Å². The zero-order chi connectivity index (χ0) is 19.3. The molecule has 2 aliphatic heterocycles. The Morgan fingerprint density at radius 2 is 1.74 bits per heavy atom. The standard InChI is InChI=1S/C20H17ClN4O2/c21-14-7-5-13(6-8-14)16-18(10-22,11-23)19(12-24)15-4-2-1-3-9-20(15,26-16)27-17(19)25/h5-8,15-16,25H,1-4,9H2. The predicted molar refractivity (Wildman–Crippen MR) is 95.1 cm³/mol. The second-order valence-corrected chi connectivity index (χ2v) is 7.83. The quantitative estimate of drug-likeness (QED) is 0.782. The van der Waals surface area contributed by atoms with Gasteiger partial charge in [-0.2, -0.15) is 15.8 Å². The molecule has 0 radical (unpaired) electrons. The zero-order valence-electron chi connectivity index (χ0n) is 14.5. The summed E-state index contributed by atoms with van der Waals surface area (Å²) < 4.78 is 12.3. The molecule has 1 aliphatic carbocycles. The lowest BCUT2D eigenvalue weighted by Gasteiger charge is -2.49. The van der Waals surface area contributed by atoms with Crippen molar-refractivity contribution in [3.05, 3.63) is 34.9 Å². The first-order chi connectivity index (χ1) is 13.0. The van der Waals surface area contributed by atoms with Gasteiger partial charge in [0.2, 0.25) is 17.1 Å². The van der Waals surface area contributed by atoms with Crippen molar-refractivity contribution in [3.63, 3.8) is 0 Å². The van der Waals surface area contributed by atoms with Gasteiger partial charge in [0.05, 0.1) is 24.1 Å². The summed E-state index contributed by atoms with van der Waals surface area (Å²) in [7, 11) is 0. The van der Waals surface area contributed by atoms with Gasteiger partial charge in [-0.05, 0) is 30.5 Å². The van der Waals surface area contributed by atoms with E-state index in [1.54, 1.807) is 24.3 Å². The molecule has 1 aromatic carbocycles. The molecule has 4 atom stereocenters. The molecule has 136 valence electrons. The molecule has 27 heavy (non-hydrogen) atoms. The molecule has 0 aromatic heterocycles. The topological polar surface area (TPSA) is 114 Å². The van der Waals surface area contributed by atoms with Crippen LogP contribution in [0.15, 0.2) is 24.3 Å². The minimum absolute atomic E-state index is 0.323. The number of hydrogen-bond acceptors (Lipinski definition) is 6. The third-order valence-corrected chi connectivity index (χ3v) is 6.49. The Hall–Kier alpha value is -2.59. The van der Waals surface area contributed by atoms with E-state index < -0.39 is 28.6 Å². The highest BCUT2D eigenvalue weighted by molar-refractivity contribution is 6.30. The van der Waals surface area contributed by atoms with E-state index >= 15 is 0 Å². The first kappa shape index (κ1) is 17.8. The summed E-state index contributed by atoms with van der Waals surface area (Å²) in [5.74, 6) is -1.99. The van der Waals surface area contributed by atoms with Crippen molar-refractivity contribution in [1.82, 2.24) is 0 Å². The van der Waals surface area contributed by atoms with Gasteiger partial charge in [-0.15, -0.1) is 0 Å². The van der Waals surface area contributed by atoms with Crippen molar-refractivity contribution >= 4 is 17.5 Å².